The summed E-state index contributed by atoms with van der Waals surface area (Å²) in [5, 5.41) is 10.3. The summed E-state index contributed by atoms with van der Waals surface area (Å²) in [6, 6.07) is 5.38. The van der Waals surface area contributed by atoms with E-state index in [1.165, 1.54) is 0 Å². The Balaban J connectivity index is 1.91. The van der Waals surface area contributed by atoms with E-state index in [-0.39, 0.29) is 5.41 Å². The minimum atomic E-state index is -1.17. The van der Waals surface area contributed by atoms with Crippen LogP contribution >= 0.6 is 0 Å². The van der Waals surface area contributed by atoms with Crippen molar-refractivity contribution in [3.8, 4) is 17.2 Å². The zero-order chi connectivity index (χ0) is 21.2. The number of anilines is 1. The lowest BCUT2D eigenvalue weighted by Gasteiger charge is -2.25. The highest BCUT2D eigenvalue weighted by Gasteiger charge is 2.32. The van der Waals surface area contributed by atoms with Gasteiger partial charge in [-0.05, 0) is 6.08 Å². The fraction of sp³-hybridized carbons (Fsp3) is 0.400. The van der Waals surface area contributed by atoms with Gasteiger partial charge in [0.25, 0.3) is 0 Å². The molecule has 2 aromatic rings. The van der Waals surface area contributed by atoms with Gasteiger partial charge in [-0.3, -0.25) is 5.73 Å². The number of benzene rings is 1. The molecule has 156 valence electrons. The second-order valence-corrected chi connectivity index (χ2v) is 7.63. The average Bonchev–Trinajstić information content (AvgIpc) is 3.19. The van der Waals surface area contributed by atoms with Crippen LogP contribution in [0.5, 0.6) is 17.2 Å². The maximum absolute atomic E-state index is 6.49. The van der Waals surface area contributed by atoms with Crippen LogP contribution in [-0.2, 0) is 11.1 Å². The van der Waals surface area contributed by atoms with E-state index < -0.39 is 5.66 Å². The van der Waals surface area contributed by atoms with Gasteiger partial charge in [-0.2, -0.15) is 0 Å². The maximum atomic E-state index is 6.49. The monoisotopic (exact) mass is 401 g/mol. The van der Waals surface area contributed by atoms with Crippen molar-refractivity contribution in [2.75, 3.05) is 26.6 Å². The van der Waals surface area contributed by atoms with Crippen LogP contribution in [0.3, 0.4) is 0 Å². The van der Waals surface area contributed by atoms with Crippen LogP contribution in [0.4, 0.5) is 5.69 Å². The molecule has 0 radical (unpaired) electrons. The van der Waals surface area contributed by atoms with Crippen molar-refractivity contribution >= 4 is 11.6 Å². The Labute approximate surface area is 169 Å². The Morgan fingerprint density at radius 1 is 1.07 bits per heavy atom. The second-order valence-electron chi connectivity index (χ2n) is 7.63. The number of ether oxygens (including phenoxy) is 3. The number of nitrogens with two attached hydrogens (primary N) is 1. The molecule has 1 unspecified atom stereocenters. The fourth-order valence-corrected chi connectivity index (χ4v) is 2.82. The average molecular weight is 401 g/mol. The van der Waals surface area contributed by atoms with Gasteiger partial charge in [-0.15, -0.1) is 0 Å². The standard InChI is InChI=1S/C20H27N5O4/c1-19(2,3)16-11-15(25-29-16)20(21)7-8-22-18(24-20)23-12-9-13(26-4)17(28-6)14(10-12)27-5/h7-11H,21H2,1-6H3,(H2,22,23,24). The Bertz CT molecular complexity index is 920. The molecule has 9 nitrogen and oxygen atoms in total. The van der Waals surface area contributed by atoms with E-state index in [0.717, 1.165) is 5.76 Å². The molecule has 1 aliphatic rings. The van der Waals surface area contributed by atoms with Crippen molar-refractivity contribution in [2.45, 2.75) is 31.8 Å². The number of rotatable bonds is 5. The molecule has 0 saturated heterocycles. The highest BCUT2D eigenvalue weighted by molar-refractivity contribution is 5.95. The quantitative estimate of drug-likeness (QED) is 0.700. The predicted octanol–water partition coefficient (Wildman–Crippen LogP) is 2.69. The van der Waals surface area contributed by atoms with Gasteiger partial charge in [0.15, 0.2) is 17.2 Å². The van der Waals surface area contributed by atoms with Crippen LogP contribution in [0.1, 0.15) is 32.2 Å². The molecule has 1 atom stereocenters. The molecule has 0 amide bonds. The smallest absolute Gasteiger partial charge is 0.203 e. The van der Waals surface area contributed by atoms with Crippen molar-refractivity contribution in [2.24, 2.45) is 10.7 Å². The molecule has 0 saturated carbocycles. The summed E-state index contributed by atoms with van der Waals surface area (Å²) in [5.74, 6) is 2.71. The minimum Gasteiger partial charge on any atom is -0.493 e. The number of nitrogens with zero attached hydrogens (tertiary/aromatic N) is 2. The first kappa shape index (κ1) is 20.5. The SMILES string of the molecule is COc1cc(NC2=NC(N)(c3cc(C(C)(C)C)on3)C=CN2)cc(OC)c1OC. The van der Waals surface area contributed by atoms with Crippen molar-refractivity contribution in [3.63, 3.8) is 0 Å². The zero-order valence-corrected chi connectivity index (χ0v) is 17.5. The van der Waals surface area contributed by atoms with Crippen molar-refractivity contribution < 1.29 is 18.7 Å². The normalized spacial score (nSPS) is 18.7. The largest absolute Gasteiger partial charge is 0.493 e. The van der Waals surface area contributed by atoms with E-state index in [1.54, 1.807) is 45.7 Å². The molecule has 0 spiro atoms. The van der Waals surface area contributed by atoms with Gasteiger partial charge < -0.3 is 29.4 Å². The van der Waals surface area contributed by atoms with E-state index in [9.17, 15) is 0 Å². The van der Waals surface area contributed by atoms with Gasteiger partial charge >= 0.3 is 0 Å². The highest BCUT2D eigenvalue weighted by Crippen LogP contribution is 2.40. The molecule has 0 fully saturated rings. The lowest BCUT2D eigenvalue weighted by Crippen LogP contribution is -2.42. The number of aliphatic imine (C=N–C) groups is 1. The van der Waals surface area contributed by atoms with Gasteiger partial charge in [0.2, 0.25) is 11.7 Å². The molecule has 0 aliphatic carbocycles. The number of methoxy groups -OCH3 is 3. The van der Waals surface area contributed by atoms with Crippen molar-refractivity contribution in [1.29, 1.82) is 0 Å². The first-order valence-electron chi connectivity index (χ1n) is 9.08. The predicted molar refractivity (Wildman–Crippen MR) is 110 cm³/mol. The van der Waals surface area contributed by atoms with E-state index in [1.807, 2.05) is 26.8 Å². The molecule has 0 bridgehead atoms. The summed E-state index contributed by atoms with van der Waals surface area (Å²) in [5.41, 5.74) is 6.34. The van der Waals surface area contributed by atoms with Crippen molar-refractivity contribution in [1.82, 2.24) is 10.5 Å². The van der Waals surface area contributed by atoms with Crippen LogP contribution in [-0.4, -0.2) is 32.4 Å². The number of nitrogens with one attached hydrogen (secondary N) is 2. The van der Waals surface area contributed by atoms with E-state index in [4.69, 9.17) is 24.5 Å². The molecular weight excluding hydrogens is 374 g/mol. The van der Waals surface area contributed by atoms with E-state index >= 15 is 0 Å². The first-order valence-corrected chi connectivity index (χ1v) is 9.08. The Morgan fingerprint density at radius 3 is 2.24 bits per heavy atom. The highest BCUT2D eigenvalue weighted by atomic mass is 16.5. The van der Waals surface area contributed by atoms with Crippen LogP contribution in [0.25, 0.3) is 0 Å². The summed E-state index contributed by atoms with van der Waals surface area (Å²) < 4.78 is 21.6. The summed E-state index contributed by atoms with van der Waals surface area (Å²) in [6.45, 7) is 6.12. The summed E-state index contributed by atoms with van der Waals surface area (Å²) in [6.07, 6.45) is 3.43. The lowest BCUT2D eigenvalue weighted by molar-refractivity contribution is 0.319. The van der Waals surface area contributed by atoms with Crippen LogP contribution in [0.15, 0.2) is 40.0 Å². The molecule has 4 N–H and O–H groups in total. The molecule has 1 aromatic heterocycles. The first-order chi connectivity index (χ1) is 13.7. The van der Waals surface area contributed by atoms with Gasteiger partial charge in [-0.1, -0.05) is 25.9 Å². The van der Waals surface area contributed by atoms with Crippen LogP contribution in [0.2, 0.25) is 0 Å². The van der Waals surface area contributed by atoms with Gasteiger partial charge in [0.1, 0.15) is 11.5 Å². The number of aromatic nitrogens is 1. The van der Waals surface area contributed by atoms with Crippen LogP contribution < -0.4 is 30.6 Å². The third-order valence-electron chi connectivity index (χ3n) is 4.44. The van der Waals surface area contributed by atoms with E-state index in [0.29, 0.717) is 34.6 Å². The molecular formula is C20H27N5O4. The van der Waals surface area contributed by atoms with E-state index in [2.05, 4.69) is 20.8 Å². The number of hydrogen-bond acceptors (Lipinski definition) is 9. The third kappa shape index (κ3) is 4.14. The number of hydrogen-bond donors (Lipinski definition) is 3. The molecule has 9 heteroatoms. The maximum Gasteiger partial charge on any atom is 0.203 e. The van der Waals surface area contributed by atoms with Crippen molar-refractivity contribution in [3.05, 3.63) is 41.9 Å². The molecule has 29 heavy (non-hydrogen) atoms. The molecule has 1 aliphatic heterocycles. The fourth-order valence-electron chi connectivity index (χ4n) is 2.82. The Morgan fingerprint density at radius 2 is 1.72 bits per heavy atom. The Hall–Kier alpha value is -3.20. The van der Waals surface area contributed by atoms with Gasteiger partial charge in [-0.25, -0.2) is 4.99 Å². The zero-order valence-electron chi connectivity index (χ0n) is 17.5. The third-order valence-corrected chi connectivity index (χ3v) is 4.44. The second kappa shape index (κ2) is 7.67. The summed E-state index contributed by atoms with van der Waals surface area (Å²) >= 11 is 0. The topological polar surface area (TPSA) is 116 Å². The summed E-state index contributed by atoms with van der Waals surface area (Å²) in [4.78, 5) is 4.58. The Kier molecular flexibility index (Phi) is 5.43. The molecule has 2 heterocycles. The molecule has 1 aromatic carbocycles. The lowest BCUT2D eigenvalue weighted by atomic mass is 9.92. The molecule has 3 rings (SSSR count). The van der Waals surface area contributed by atoms with Gasteiger partial charge in [0, 0.05) is 35.5 Å². The van der Waals surface area contributed by atoms with Crippen LogP contribution in [0, 0.1) is 0 Å². The minimum absolute atomic E-state index is 0.181. The summed E-state index contributed by atoms with van der Waals surface area (Å²) in [7, 11) is 4.67. The number of guanidine groups is 1. The van der Waals surface area contributed by atoms with Gasteiger partial charge in [0.05, 0.1) is 21.3 Å².